The van der Waals surface area contributed by atoms with Crippen molar-refractivity contribution in [1.82, 2.24) is 9.88 Å². The zero-order chi connectivity index (χ0) is 23.3. The van der Waals surface area contributed by atoms with Gasteiger partial charge in [0.15, 0.2) is 11.5 Å². The van der Waals surface area contributed by atoms with Gasteiger partial charge in [-0.3, -0.25) is 19.0 Å². The fourth-order valence-electron chi connectivity index (χ4n) is 3.18. The molecule has 2 amide bonds. The predicted molar refractivity (Wildman–Crippen MR) is 126 cm³/mol. The van der Waals surface area contributed by atoms with Crippen molar-refractivity contribution in [3.8, 4) is 0 Å². The van der Waals surface area contributed by atoms with Crippen LogP contribution in [0.1, 0.15) is 50.4 Å². The molecule has 0 unspecified atom stereocenters. The van der Waals surface area contributed by atoms with Gasteiger partial charge < -0.3 is 15.4 Å². The molecule has 1 atom stereocenters. The average Bonchev–Trinajstić information content (AvgIpc) is 3.38. The third-order valence-electron chi connectivity index (χ3n) is 4.73. The Bertz CT molecular complexity index is 1070. The summed E-state index contributed by atoms with van der Waals surface area (Å²) in [6.45, 7) is 6.46. The van der Waals surface area contributed by atoms with Crippen molar-refractivity contribution >= 4 is 47.2 Å². The number of ether oxygens (including phenoxy) is 1. The number of anilines is 1. The number of amides is 2. The van der Waals surface area contributed by atoms with Gasteiger partial charge in [-0.2, -0.15) is 4.99 Å². The van der Waals surface area contributed by atoms with E-state index in [1.165, 1.54) is 28.0 Å². The summed E-state index contributed by atoms with van der Waals surface area (Å²) < 4.78 is 21.3. The number of rotatable bonds is 6. The molecule has 2 N–H and O–H groups in total. The summed E-state index contributed by atoms with van der Waals surface area (Å²) in [5, 5.41) is 7.30. The number of carbonyl (C=O) groups excluding carboxylic acids is 3. The maximum absolute atomic E-state index is 14.4. The molecule has 8 nitrogen and oxygen atoms in total. The summed E-state index contributed by atoms with van der Waals surface area (Å²) in [4.78, 5) is 41.0. The van der Waals surface area contributed by atoms with E-state index in [0.29, 0.717) is 4.80 Å². The molecule has 0 radical (unpaired) electrons. The molecule has 0 saturated carbocycles. The van der Waals surface area contributed by atoms with Crippen LogP contribution in [0.4, 0.5) is 10.1 Å². The lowest BCUT2D eigenvalue weighted by atomic mass is 9.92. The van der Waals surface area contributed by atoms with Gasteiger partial charge in [0.1, 0.15) is 11.9 Å². The normalized spacial score (nSPS) is 16.2. The molecule has 1 fully saturated rings. The summed E-state index contributed by atoms with van der Waals surface area (Å²) in [6.07, 6.45) is 3.56. The summed E-state index contributed by atoms with van der Waals surface area (Å²) in [7, 11) is 0. The number of benzene rings is 1. The van der Waals surface area contributed by atoms with Crippen LogP contribution in [0, 0.1) is 11.2 Å². The van der Waals surface area contributed by atoms with Crippen molar-refractivity contribution in [3.05, 3.63) is 46.0 Å². The maximum Gasteiger partial charge on any atom is 0.324 e. The van der Waals surface area contributed by atoms with E-state index in [-0.39, 0.29) is 60.1 Å². The molecule has 1 saturated heterocycles. The van der Waals surface area contributed by atoms with E-state index in [2.05, 4.69) is 15.6 Å². The Balaban J connectivity index is 0.00000385. The molecule has 0 aliphatic carbocycles. The highest BCUT2D eigenvalue weighted by Gasteiger charge is 2.23. The molecule has 0 bridgehead atoms. The molecular formula is C22H28ClFN4O4S. The van der Waals surface area contributed by atoms with Crippen molar-refractivity contribution in [2.75, 3.05) is 11.9 Å². The topological polar surface area (TPSA) is 102 Å². The molecule has 2 heterocycles. The molecule has 180 valence electrons. The standard InChI is InChI=1S/C22H27FN4O4S.ClH/c1-22(2,3)12-18(28)25-16-7-6-14(11-15(16)23)19(29)26-21-27(9-10-32-21)13-31-20(30)17-5-4-8-24-17;/h6-7,9-11,17,24H,4-5,8,12-13H2,1-3H3,(H,25,28);1H/b26-21-;/t17-;/m0./s1. The van der Waals surface area contributed by atoms with Gasteiger partial charge in [-0.05, 0) is 43.0 Å². The number of thiazole rings is 1. The minimum absolute atomic E-state index is 0. The van der Waals surface area contributed by atoms with Gasteiger partial charge in [0.25, 0.3) is 5.91 Å². The molecule has 2 aromatic rings. The van der Waals surface area contributed by atoms with E-state index < -0.39 is 11.7 Å². The Hall–Kier alpha value is -2.56. The van der Waals surface area contributed by atoms with Crippen LogP contribution < -0.4 is 15.4 Å². The fourth-order valence-corrected chi connectivity index (χ4v) is 3.90. The summed E-state index contributed by atoms with van der Waals surface area (Å²) >= 11 is 1.20. The number of hydrogen-bond acceptors (Lipinski definition) is 6. The van der Waals surface area contributed by atoms with Crippen LogP contribution in [0.25, 0.3) is 0 Å². The second-order valence-corrected chi connectivity index (χ2v) is 9.67. The molecule has 11 heteroatoms. The second kappa shape index (κ2) is 11.5. The number of aromatic nitrogens is 1. The molecule has 1 aliphatic heterocycles. The van der Waals surface area contributed by atoms with Crippen LogP contribution in [-0.2, 0) is 21.1 Å². The van der Waals surface area contributed by atoms with Gasteiger partial charge in [-0.15, -0.1) is 23.7 Å². The van der Waals surface area contributed by atoms with Crippen LogP contribution in [0.3, 0.4) is 0 Å². The highest BCUT2D eigenvalue weighted by molar-refractivity contribution is 7.07. The van der Waals surface area contributed by atoms with E-state index in [4.69, 9.17) is 4.74 Å². The zero-order valence-corrected chi connectivity index (χ0v) is 20.4. The minimum atomic E-state index is -0.717. The summed E-state index contributed by atoms with van der Waals surface area (Å²) in [6, 6.07) is 3.49. The van der Waals surface area contributed by atoms with Crippen molar-refractivity contribution in [2.45, 2.75) is 52.8 Å². The lowest BCUT2D eigenvalue weighted by Gasteiger charge is -2.17. The van der Waals surface area contributed by atoms with Gasteiger partial charge in [-0.1, -0.05) is 20.8 Å². The zero-order valence-electron chi connectivity index (χ0n) is 18.7. The van der Waals surface area contributed by atoms with Gasteiger partial charge in [0.05, 0.1) is 5.69 Å². The van der Waals surface area contributed by atoms with Gasteiger partial charge in [0.2, 0.25) is 5.91 Å². The minimum Gasteiger partial charge on any atom is -0.443 e. The fraction of sp³-hybridized carbons (Fsp3) is 0.455. The molecule has 3 rings (SSSR count). The number of hydrogen-bond donors (Lipinski definition) is 2. The Labute approximate surface area is 201 Å². The quantitative estimate of drug-likeness (QED) is 0.594. The Morgan fingerprint density at radius 2 is 2.09 bits per heavy atom. The number of esters is 1. The average molecular weight is 499 g/mol. The summed E-state index contributed by atoms with van der Waals surface area (Å²) in [5.74, 6) is -2.01. The van der Waals surface area contributed by atoms with E-state index in [0.717, 1.165) is 25.5 Å². The van der Waals surface area contributed by atoms with Crippen molar-refractivity contribution < 1.29 is 23.5 Å². The molecule has 1 aromatic carbocycles. The van der Waals surface area contributed by atoms with Crippen LogP contribution in [0.15, 0.2) is 34.8 Å². The van der Waals surface area contributed by atoms with E-state index in [1.807, 2.05) is 20.8 Å². The molecule has 0 spiro atoms. The second-order valence-electron chi connectivity index (χ2n) is 8.79. The first-order valence-electron chi connectivity index (χ1n) is 10.3. The van der Waals surface area contributed by atoms with E-state index >= 15 is 0 Å². The first-order valence-corrected chi connectivity index (χ1v) is 11.2. The number of nitrogens with one attached hydrogen (secondary N) is 2. The van der Waals surface area contributed by atoms with Crippen molar-refractivity contribution in [1.29, 1.82) is 0 Å². The van der Waals surface area contributed by atoms with E-state index in [1.54, 1.807) is 11.6 Å². The number of halogens is 2. The van der Waals surface area contributed by atoms with Gasteiger partial charge in [-0.25, -0.2) is 4.39 Å². The lowest BCUT2D eigenvalue weighted by molar-refractivity contribution is -0.149. The number of carbonyl (C=O) groups is 3. The number of nitrogens with zero attached hydrogens (tertiary/aromatic N) is 2. The van der Waals surface area contributed by atoms with E-state index in [9.17, 15) is 18.8 Å². The van der Waals surface area contributed by atoms with Crippen LogP contribution >= 0.6 is 23.7 Å². The third-order valence-corrected chi connectivity index (χ3v) is 5.52. The first-order chi connectivity index (χ1) is 15.1. The van der Waals surface area contributed by atoms with Crippen molar-refractivity contribution in [2.24, 2.45) is 10.4 Å². The summed E-state index contributed by atoms with van der Waals surface area (Å²) in [5.41, 5.74) is -0.175. The molecule has 1 aliphatic rings. The highest BCUT2D eigenvalue weighted by Crippen LogP contribution is 2.21. The van der Waals surface area contributed by atoms with Gasteiger partial charge >= 0.3 is 5.97 Å². The lowest BCUT2D eigenvalue weighted by Crippen LogP contribution is -2.33. The third kappa shape index (κ3) is 7.76. The largest absolute Gasteiger partial charge is 0.443 e. The first kappa shape index (κ1) is 26.7. The SMILES string of the molecule is CC(C)(C)CC(=O)Nc1ccc(C(=O)/N=c2\sccn2COC(=O)[C@@H]2CCCN2)cc1F.Cl. The smallest absolute Gasteiger partial charge is 0.324 e. The molecular weight excluding hydrogens is 471 g/mol. The van der Waals surface area contributed by atoms with Crippen LogP contribution in [0.5, 0.6) is 0 Å². The monoisotopic (exact) mass is 498 g/mol. The Kier molecular flexibility index (Phi) is 9.33. The van der Waals surface area contributed by atoms with Crippen LogP contribution in [0.2, 0.25) is 0 Å². The van der Waals surface area contributed by atoms with Crippen molar-refractivity contribution in [3.63, 3.8) is 0 Å². The molecule has 33 heavy (non-hydrogen) atoms. The predicted octanol–water partition coefficient (Wildman–Crippen LogP) is 3.48. The van der Waals surface area contributed by atoms with Crippen LogP contribution in [-0.4, -0.2) is 34.9 Å². The maximum atomic E-state index is 14.4. The Morgan fingerprint density at radius 3 is 2.73 bits per heavy atom. The Morgan fingerprint density at radius 1 is 1.33 bits per heavy atom. The van der Waals surface area contributed by atoms with Gasteiger partial charge in [0, 0.05) is 23.6 Å². The molecule has 1 aromatic heterocycles. The highest BCUT2D eigenvalue weighted by atomic mass is 35.5.